The van der Waals surface area contributed by atoms with E-state index in [2.05, 4.69) is 9.82 Å². The van der Waals surface area contributed by atoms with Crippen molar-refractivity contribution in [2.75, 3.05) is 13.2 Å². The molecular weight excluding hydrogens is 290 g/mol. The highest BCUT2D eigenvalue weighted by molar-refractivity contribution is 7.89. The van der Waals surface area contributed by atoms with Gasteiger partial charge in [-0.25, -0.2) is 13.1 Å². The van der Waals surface area contributed by atoms with Gasteiger partial charge >= 0.3 is 0 Å². The lowest BCUT2D eigenvalue weighted by Crippen LogP contribution is -2.31. The molecule has 1 saturated carbocycles. The molecule has 1 aliphatic carbocycles. The molecule has 7 heteroatoms. The predicted octanol–water partition coefficient (Wildman–Crippen LogP) is 1.35. The third-order valence-corrected chi connectivity index (χ3v) is 5.86. The Hall–Kier alpha value is -0.920. The van der Waals surface area contributed by atoms with Gasteiger partial charge in [0.15, 0.2) is 0 Å². The number of hydrogen-bond donors (Lipinski definition) is 2. The van der Waals surface area contributed by atoms with Gasteiger partial charge in [-0.2, -0.15) is 5.10 Å². The van der Waals surface area contributed by atoms with Gasteiger partial charge in [-0.15, -0.1) is 0 Å². The molecule has 1 heterocycles. The highest BCUT2D eigenvalue weighted by atomic mass is 32.2. The summed E-state index contributed by atoms with van der Waals surface area (Å²) in [6.45, 7) is 4.18. The van der Waals surface area contributed by atoms with Crippen molar-refractivity contribution in [1.29, 1.82) is 0 Å². The highest BCUT2D eigenvalue weighted by Crippen LogP contribution is 2.24. The number of aryl methyl sites for hydroxylation is 1. The van der Waals surface area contributed by atoms with Gasteiger partial charge in [0.05, 0.1) is 24.5 Å². The fourth-order valence-electron chi connectivity index (χ4n) is 3.07. The molecule has 1 aromatic rings. The number of sulfonamides is 1. The van der Waals surface area contributed by atoms with E-state index in [-0.39, 0.29) is 11.5 Å². The van der Waals surface area contributed by atoms with E-state index in [4.69, 9.17) is 5.11 Å². The lowest BCUT2D eigenvalue weighted by Gasteiger charge is -2.21. The molecule has 120 valence electrons. The van der Waals surface area contributed by atoms with Crippen LogP contribution in [0.2, 0.25) is 0 Å². The molecule has 1 aliphatic rings. The summed E-state index contributed by atoms with van der Waals surface area (Å²) in [5.74, 6) is 0.446. The fraction of sp³-hybridized carbons (Fsp3) is 0.786. The van der Waals surface area contributed by atoms with E-state index < -0.39 is 10.0 Å². The van der Waals surface area contributed by atoms with Crippen molar-refractivity contribution in [1.82, 2.24) is 14.5 Å². The van der Waals surface area contributed by atoms with E-state index in [1.54, 1.807) is 18.5 Å². The molecule has 0 saturated heterocycles. The normalized spacial score (nSPS) is 17.3. The van der Waals surface area contributed by atoms with Crippen LogP contribution in [0.25, 0.3) is 0 Å². The van der Waals surface area contributed by atoms with Crippen molar-refractivity contribution in [2.24, 2.45) is 5.92 Å². The number of aliphatic hydroxyl groups excluding tert-OH is 1. The van der Waals surface area contributed by atoms with Gasteiger partial charge in [0, 0.05) is 6.54 Å². The summed E-state index contributed by atoms with van der Waals surface area (Å²) in [6.07, 6.45) is 5.85. The number of nitrogens with one attached hydrogen (secondary N) is 1. The van der Waals surface area contributed by atoms with Gasteiger partial charge in [0.1, 0.15) is 4.90 Å². The van der Waals surface area contributed by atoms with E-state index in [1.807, 2.05) is 0 Å². The average Bonchev–Trinajstić information content (AvgIpc) is 2.73. The number of nitrogens with zero attached hydrogens (tertiary/aromatic N) is 2. The van der Waals surface area contributed by atoms with E-state index in [9.17, 15) is 8.42 Å². The Kier molecular flexibility index (Phi) is 5.40. The number of aromatic nitrogens is 2. The summed E-state index contributed by atoms with van der Waals surface area (Å²) in [5.41, 5.74) is 1.06. The molecule has 0 aliphatic heterocycles. The van der Waals surface area contributed by atoms with Crippen LogP contribution >= 0.6 is 0 Å². The Labute approximate surface area is 126 Å². The first-order chi connectivity index (χ1) is 9.95. The molecule has 0 atom stereocenters. The number of rotatable bonds is 6. The first-order valence-corrected chi connectivity index (χ1v) is 9.08. The van der Waals surface area contributed by atoms with Crippen molar-refractivity contribution in [3.63, 3.8) is 0 Å². The van der Waals surface area contributed by atoms with Gasteiger partial charge in [0.2, 0.25) is 10.0 Å². The molecule has 0 bridgehead atoms. The minimum Gasteiger partial charge on any atom is -0.394 e. The topological polar surface area (TPSA) is 84.2 Å². The molecule has 1 fully saturated rings. The first-order valence-electron chi connectivity index (χ1n) is 7.60. The zero-order valence-electron chi connectivity index (χ0n) is 12.8. The standard InChI is InChI=1S/C14H25N3O3S/c1-11-14(12(2)17(16-11)8-9-18)21(19,20)15-10-13-6-4-3-5-7-13/h13,15,18H,3-10H2,1-2H3. The Balaban J connectivity index is 2.11. The second-order valence-corrected chi connectivity index (χ2v) is 7.51. The average molecular weight is 315 g/mol. The summed E-state index contributed by atoms with van der Waals surface area (Å²) >= 11 is 0. The van der Waals surface area contributed by atoms with Crippen molar-refractivity contribution < 1.29 is 13.5 Å². The molecular formula is C14H25N3O3S. The van der Waals surface area contributed by atoms with Gasteiger partial charge in [0.25, 0.3) is 0 Å². The quantitative estimate of drug-likeness (QED) is 0.830. The molecule has 0 amide bonds. The zero-order valence-corrected chi connectivity index (χ0v) is 13.6. The lowest BCUT2D eigenvalue weighted by molar-refractivity contribution is 0.267. The van der Waals surface area contributed by atoms with Crippen LogP contribution in [-0.4, -0.2) is 36.5 Å². The maximum atomic E-state index is 12.5. The summed E-state index contributed by atoms with van der Waals surface area (Å²) < 4.78 is 29.3. The minimum absolute atomic E-state index is 0.0586. The Morgan fingerprint density at radius 1 is 1.29 bits per heavy atom. The van der Waals surface area contributed by atoms with E-state index >= 15 is 0 Å². The molecule has 2 N–H and O–H groups in total. The van der Waals surface area contributed by atoms with Crippen LogP contribution in [-0.2, 0) is 16.6 Å². The minimum atomic E-state index is -3.53. The largest absolute Gasteiger partial charge is 0.394 e. The molecule has 0 radical (unpaired) electrons. The van der Waals surface area contributed by atoms with Gasteiger partial charge < -0.3 is 5.11 Å². The Morgan fingerprint density at radius 2 is 1.95 bits per heavy atom. The van der Waals surface area contributed by atoms with Crippen LogP contribution in [0.1, 0.15) is 43.5 Å². The van der Waals surface area contributed by atoms with E-state index in [1.165, 1.54) is 19.3 Å². The summed E-state index contributed by atoms with van der Waals surface area (Å²) in [7, 11) is -3.53. The van der Waals surface area contributed by atoms with E-state index in [0.717, 1.165) is 12.8 Å². The zero-order chi connectivity index (χ0) is 15.5. The van der Waals surface area contributed by atoms with Crippen molar-refractivity contribution in [3.05, 3.63) is 11.4 Å². The summed E-state index contributed by atoms with van der Waals surface area (Å²) in [5, 5.41) is 13.2. The van der Waals surface area contributed by atoms with Gasteiger partial charge in [-0.05, 0) is 32.6 Å². The van der Waals surface area contributed by atoms with Crippen LogP contribution in [0.15, 0.2) is 4.90 Å². The maximum Gasteiger partial charge on any atom is 0.244 e. The number of aliphatic hydroxyl groups is 1. The van der Waals surface area contributed by atoms with E-state index in [0.29, 0.717) is 30.4 Å². The molecule has 6 nitrogen and oxygen atoms in total. The van der Waals surface area contributed by atoms with Crippen LogP contribution in [0.3, 0.4) is 0 Å². The Morgan fingerprint density at radius 3 is 2.57 bits per heavy atom. The van der Waals surface area contributed by atoms with Crippen LogP contribution in [0.4, 0.5) is 0 Å². The second kappa shape index (κ2) is 6.89. The van der Waals surface area contributed by atoms with Crippen molar-refractivity contribution >= 4 is 10.0 Å². The second-order valence-electron chi connectivity index (χ2n) is 5.80. The maximum absolute atomic E-state index is 12.5. The summed E-state index contributed by atoms with van der Waals surface area (Å²) in [4.78, 5) is 0.256. The monoisotopic (exact) mass is 315 g/mol. The fourth-order valence-corrected chi connectivity index (χ4v) is 4.60. The number of hydrogen-bond acceptors (Lipinski definition) is 4. The van der Waals surface area contributed by atoms with Gasteiger partial charge in [-0.1, -0.05) is 19.3 Å². The molecule has 21 heavy (non-hydrogen) atoms. The predicted molar refractivity (Wildman–Crippen MR) is 80.6 cm³/mol. The molecule has 0 spiro atoms. The molecule has 0 aromatic carbocycles. The first kappa shape index (κ1) is 16.5. The van der Waals surface area contributed by atoms with Crippen LogP contribution in [0.5, 0.6) is 0 Å². The summed E-state index contributed by atoms with van der Waals surface area (Å²) in [6, 6.07) is 0. The Bertz CT molecular complexity index is 575. The lowest BCUT2D eigenvalue weighted by atomic mass is 9.90. The molecule has 0 unspecified atom stereocenters. The SMILES string of the molecule is Cc1nn(CCO)c(C)c1S(=O)(=O)NCC1CCCCC1. The smallest absolute Gasteiger partial charge is 0.244 e. The van der Waals surface area contributed by atoms with Gasteiger partial charge in [-0.3, -0.25) is 4.68 Å². The van der Waals surface area contributed by atoms with Crippen molar-refractivity contribution in [3.8, 4) is 0 Å². The molecule has 2 rings (SSSR count). The van der Waals surface area contributed by atoms with Crippen LogP contribution in [0, 0.1) is 19.8 Å². The van der Waals surface area contributed by atoms with Crippen LogP contribution < -0.4 is 4.72 Å². The third-order valence-electron chi connectivity index (χ3n) is 4.18. The van der Waals surface area contributed by atoms with Crippen molar-refractivity contribution in [2.45, 2.75) is 57.4 Å². The third kappa shape index (κ3) is 3.84. The highest BCUT2D eigenvalue weighted by Gasteiger charge is 2.25. The molecule has 1 aromatic heterocycles.